The molecule has 1 aromatic heterocycles. The summed E-state index contributed by atoms with van der Waals surface area (Å²) < 4.78 is 12.4. The molecule has 0 atom stereocenters. The molecule has 30 heavy (non-hydrogen) atoms. The van der Waals surface area contributed by atoms with Crippen LogP contribution in [0.15, 0.2) is 36.4 Å². The van der Waals surface area contributed by atoms with Gasteiger partial charge >= 0.3 is 0 Å². The van der Waals surface area contributed by atoms with E-state index in [4.69, 9.17) is 14.5 Å². The number of carbonyl (C=O) groups excluding carboxylic acids is 1. The molecule has 1 aliphatic heterocycles. The molecule has 6 nitrogen and oxygen atoms in total. The Morgan fingerprint density at radius 1 is 1.10 bits per heavy atom. The second-order valence-electron chi connectivity index (χ2n) is 7.39. The summed E-state index contributed by atoms with van der Waals surface area (Å²) >= 11 is 1.51. The lowest BCUT2D eigenvalue weighted by molar-refractivity contribution is 0.0985. The van der Waals surface area contributed by atoms with Crippen LogP contribution in [0.25, 0.3) is 10.2 Å². The lowest BCUT2D eigenvalue weighted by Crippen LogP contribution is -2.33. The lowest BCUT2D eigenvalue weighted by Gasteiger charge is -2.21. The van der Waals surface area contributed by atoms with Crippen LogP contribution >= 0.6 is 23.7 Å². The Bertz CT molecular complexity index is 995. The first-order valence-electron chi connectivity index (χ1n) is 9.75. The molecule has 3 aromatic rings. The summed E-state index contributed by atoms with van der Waals surface area (Å²) in [7, 11) is 4.07. The first-order chi connectivity index (χ1) is 14.0. The summed E-state index contributed by atoms with van der Waals surface area (Å²) in [5.74, 6) is 1.44. The van der Waals surface area contributed by atoms with Crippen LogP contribution in [-0.4, -0.2) is 56.2 Å². The highest BCUT2D eigenvalue weighted by molar-refractivity contribution is 7.22. The van der Waals surface area contributed by atoms with Gasteiger partial charge in [0.2, 0.25) is 0 Å². The third-order valence-electron chi connectivity index (χ3n) is 4.88. The van der Waals surface area contributed by atoms with Crippen molar-refractivity contribution in [3.8, 4) is 11.5 Å². The van der Waals surface area contributed by atoms with Crippen LogP contribution in [0.4, 0.5) is 5.13 Å². The first-order valence-corrected chi connectivity index (χ1v) is 10.6. The van der Waals surface area contributed by atoms with Crippen molar-refractivity contribution in [2.24, 2.45) is 0 Å². The van der Waals surface area contributed by atoms with Gasteiger partial charge in [0.05, 0.1) is 10.2 Å². The molecule has 2 aromatic carbocycles. The van der Waals surface area contributed by atoms with E-state index in [0.717, 1.165) is 34.5 Å². The molecule has 0 saturated heterocycles. The van der Waals surface area contributed by atoms with E-state index in [-0.39, 0.29) is 18.3 Å². The molecule has 0 saturated carbocycles. The van der Waals surface area contributed by atoms with Crippen LogP contribution in [0.3, 0.4) is 0 Å². The minimum atomic E-state index is -0.0156. The predicted molar refractivity (Wildman–Crippen MR) is 124 cm³/mol. The van der Waals surface area contributed by atoms with Gasteiger partial charge in [0.15, 0.2) is 16.6 Å². The highest BCUT2D eigenvalue weighted by atomic mass is 35.5. The second-order valence-corrected chi connectivity index (χ2v) is 8.40. The van der Waals surface area contributed by atoms with Crippen LogP contribution in [0.5, 0.6) is 11.5 Å². The summed E-state index contributed by atoms with van der Waals surface area (Å²) in [6, 6.07) is 11.6. The van der Waals surface area contributed by atoms with E-state index in [2.05, 4.69) is 4.90 Å². The van der Waals surface area contributed by atoms with Gasteiger partial charge < -0.3 is 14.4 Å². The summed E-state index contributed by atoms with van der Waals surface area (Å²) in [4.78, 5) is 22.1. The molecule has 0 bridgehead atoms. The third kappa shape index (κ3) is 4.69. The molecule has 160 valence electrons. The zero-order valence-electron chi connectivity index (χ0n) is 17.4. The SMILES string of the molecule is Cc1ccccc1C(=O)N(CCCN(C)C)c1nc2cc3c(cc2s1)OCCO3.Cl. The number of thiazole rings is 1. The van der Waals surface area contributed by atoms with E-state index in [1.807, 2.05) is 57.4 Å². The summed E-state index contributed by atoms with van der Waals surface area (Å²) in [5, 5.41) is 0.703. The third-order valence-corrected chi connectivity index (χ3v) is 5.92. The second kappa shape index (κ2) is 9.64. The molecule has 2 heterocycles. The van der Waals surface area contributed by atoms with Gasteiger partial charge in [-0.05, 0) is 45.6 Å². The fraction of sp³-hybridized carbons (Fsp3) is 0.364. The quantitative estimate of drug-likeness (QED) is 0.560. The zero-order chi connectivity index (χ0) is 20.4. The van der Waals surface area contributed by atoms with Gasteiger partial charge in [-0.1, -0.05) is 29.5 Å². The topological polar surface area (TPSA) is 54.9 Å². The fourth-order valence-corrected chi connectivity index (χ4v) is 4.36. The number of halogens is 1. The molecular formula is C22H26ClN3O3S. The maximum absolute atomic E-state index is 13.4. The molecule has 1 aliphatic rings. The van der Waals surface area contributed by atoms with Crippen molar-refractivity contribution >= 4 is 45.0 Å². The smallest absolute Gasteiger partial charge is 0.260 e. The van der Waals surface area contributed by atoms with Crippen molar-refractivity contribution in [2.75, 3.05) is 45.3 Å². The van der Waals surface area contributed by atoms with E-state index < -0.39 is 0 Å². The molecule has 0 N–H and O–H groups in total. The minimum absolute atomic E-state index is 0. The summed E-state index contributed by atoms with van der Waals surface area (Å²) in [5.41, 5.74) is 2.50. The van der Waals surface area contributed by atoms with Crippen LogP contribution in [0.1, 0.15) is 22.3 Å². The summed E-state index contributed by atoms with van der Waals surface area (Å²) in [6.45, 7) is 4.56. The van der Waals surface area contributed by atoms with Gasteiger partial charge in [-0.3, -0.25) is 9.69 Å². The number of aromatic nitrogens is 1. The predicted octanol–water partition coefficient (Wildman–Crippen LogP) is 4.40. The number of aryl methyl sites for hydroxylation is 1. The Balaban J connectivity index is 0.00000256. The maximum atomic E-state index is 13.4. The average molecular weight is 448 g/mol. The molecule has 0 aliphatic carbocycles. The number of fused-ring (bicyclic) bond motifs is 2. The van der Waals surface area contributed by atoms with Crippen molar-refractivity contribution in [2.45, 2.75) is 13.3 Å². The standard InChI is InChI=1S/C22H25N3O3S.ClH/c1-15-7-4-5-8-16(15)21(26)25(10-6-9-24(2)3)22-23-17-13-18-19(14-20(17)29-22)28-12-11-27-18;/h4-5,7-8,13-14H,6,9-12H2,1-3H3;1H. The molecule has 4 rings (SSSR count). The van der Waals surface area contributed by atoms with E-state index in [1.165, 1.54) is 11.3 Å². The van der Waals surface area contributed by atoms with E-state index in [1.54, 1.807) is 4.90 Å². The number of hydrogen-bond donors (Lipinski definition) is 0. The Labute approximate surface area is 186 Å². The number of nitrogens with zero attached hydrogens (tertiary/aromatic N) is 3. The summed E-state index contributed by atoms with van der Waals surface area (Å²) in [6.07, 6.45) is 0.864. The highest BCUT2D eigenvalue weighted by Gasteiger charge is 2.23. The number of amides is 1. The highest BCUT2D eigenvalue weighted by Crippen LogP contribution is 2.39. The van der Waals surface area contributed by atoms with Gasteiger partial charge in [-0.25, -0.2) is 4.98 Å². The Hall–Kier alpha value is -2.35. The Morgan fingerprint density at radius 3 is 2.50 bits per heavy atom. The fourth-order valence-electron chi connectivity index (χ4n) is 3.36. The van der Waals surface area contributed by atoms with Crippen molar-refractivity contribution in [3.63, 3.8) is 0 Å². The number of rotatable bonds is 6. The van der Waals surface area contributed by atoms with Crippen LogP contribution in [0, 0.1) is 6.92 Å². The first kappa shape index (κ1) is 22.3. The lowest BCUT2D eigenvalue weighted by atomic mass is 10.1. The molecule has 0 fully saturated rings. The largest absolute Gasteiger partial charge is 0.486 e. The van der Waals surface area contributed by atoms with Gasteiger partial charge in [-0.15, -0.1) is 12.4 Å². The van der Waals surface area contributed by atoms with Crippen LogP contribution < -0.4 is 14.4 Å². The van der Waals surface area contributed by atoms with Crippen molar-refractivity contribution in [3.05, 3.63) is 47.5 Å². The van der Waals surface area contributed by atoms with Crippen LogP contribution in [0.2, 0.25) is 0 Å². The zero-order valence-corrected chi connectivity index (χ0v) is 19.0. The van der Waals surface area contributed by atoms with Gasteiger partial charge in [0.25, 0.3) is 5.91 Å². The van der Waals surface area contributed by atoms with Crippen molar-refractivity contribution in [1.82, 2.24) is 9.88 Å². The molecular weight excluding hydrogens is 422 g/mol. The Kier molecular flexibility index (Phi) is 7.18. The number of hydrogen-bond acceptors (Lipinski definition) is 6. The molecule has 8 heteroatoms. The van der Waals surface area contributed by atoms with E-state index >= 15 is 0 Å². The monoisotopic (exact) mass is 447 g/mol. The molecule has 0 spiro atoms. The Morgan fingerprint density at radius 2 is 1.80 bits per heavy atom. The molecule has 0 unspecified atom stereocenters. The maximum Gasteiger partial charge on any atom is 0.260 e. The number of benzene rings is 2. The normalized spacial score (nSPS) is 12.7. The van der Waals surface area contributed by atoms with Gasteiger partial charge in [0.1, 0.15) is 13.2 Å². The van der Waals surface area contributed by atoms with Crippen LogP contribution in [-0.2, 0) is 0 Å². The average Bonchev–Trinajstić information content (AvgIpc) is 3.11. The van der Waals surface area contributed by atoms with E-state index in [0.29, 0.717) is 36.2 Å². The molecule has 1 amide bonds. The number of carbonyl (C=O) groups is 1. The molecule has 0 radical (unpaired) electrons. The van der Waals surface area contributed by atoms with Crippen molar-refractivity contribution < 1.29 is 14.3 Å². The minimum Gasteiger partial charge on any atom is -0.486 e. The number of ether oxygens (including phenoxy) is 2. The van der Waals surface area contributed by atoms with Gasteiger partial charge in [-0.2, -0.15) is 0 Å². The number of anilines is 1. The van der Waals surface area contributed by atoms with E-state index in [9.17, 15) is 4.79 Å². The van der Waals surface area contributed by atoms with Gasteiger partial charge in [0, 0.05) is 24.2 Å². The van der Waals surface area contributed by atoms with Crippen molar-refractivity contribution in [1.29, 1.82) is 0 Å².